The number of nitrogens with zero attached hydrogens (tertiary/aromatic N) is 2. The van der Waals surface area contributed by atoms with E-state index in [1.165, 1.54) is 12.5 Å². The average molecular weight is 292 g/mol. The number of aromatic carboxylic acids is 1. The van der Waals surface area contributed by atoms with Gasteiger partial charge in [0.1, 0.15) is 5.56 Å². The first kappa shape index (κ1) is 15.4. The molecule has 1 aromatic rings. The third-order valence-electron chi connectivity index (χ3n) is 4.00. The second-order valence-electron chi connectivity index (χ2n) is 5.55. The van der Waals surface area contributed by atoms with Gasteiger partial charge in [-0.25, -0.2) is 4.79 Å². The molecule has 1 fully saturated rings. The highest BCUT2D eigenvalue weighted by Crippen LogP contribution is 2.27. The maximum atomic E-state index is 11.4. The summed E-state index contributed by atoms with van der Waals surface area (Å²) in [6.45, 7) is 4.48. The fourth-order valence-electron chi connectivity index (χ4n) is 3.06. The van der Waals surface area contributed by atoms with E-state index >= 15 is 0 Å². The van der Waals surface area contributed by atoms with Crippen molar-refractivity contribution in [2.75, 3.05) is 13.1 Å². The van der Waals surface area contributed by atoms with Crippen LogP contribution in [0.5, 0.6) is 0 Å². The van der Waals surface area contributed by atoms with Crippen LogP contribution >= 0.6 is 0 Å². The van der Waals surface area contributed by atoms with Crippen molar-refractivity contribution in [3.05, 3.63) is 39.4 Å². The Morgan fingerprint density at radius 2 is 2.29 bits per heavy atom. The van der Waals surface area contributed by atoms with Crippen LogP contribution in [0.3, 0.4) is 0 Å². The molecule has 2 rings (SSSR count). The molecule has 1 heterocycles. The van der Waals surface area contributed by atoms with Crippen LogP contribution in [-0.2, 0) is 6.54 Å². The Morgan fingerprint density at radius 1 is 1.52 bits per heavy atom. The molecule has 6 nitrogen and oxygen atoms in total. The zero-order valence-corrected chi connectivity index (χ0v) is 12.1. The van der Waals surface area contributed by atoms with E-state index in [4.69, 9.17) is 0 Å². The van der Waals surface area contributed by atoms with Gasteiger partial charge in [0, 0.05) is 19.2 Å². The van der Waals surface area contributed by atoms with Crippen molar-refractivity contribution in [3.63, 3.8) is 0 Å². The number of nitro benzene ring substituents is 1. The molecule has 0 radical (unpaired) electrons. The summed E-state index contributed by atoms with van der Waals surface area (Å²) in [6.07, 6.45) is 3.44. The second kappa shape index (κ2) is 6.67. The predicted octanol–water partition coefficient (Wildman–Crippen LogP) is 2.92. The lowest BCUT2D eigenvalue weighted by Gasteiger charge is -2.17. The molecule has 114 valence electrons. The average Bonchev–Trinajstić information content (AvgIpc) is 2.86. The van der Waals surface area contributed by atoms with Crippen LogP contribution in [0.1, 0.15) is 42.1 Å². The number of hydrogen-bond acceptors (Lipinski definition) is 4. The van der Waals surface area contributed by atoms with Gasteiger partial charge in [0.25, 0.3) is 5.69 Å². The quantitative estimate of drug-likeness (QED) is 0.643. The first-order valence-corrected chi connectivity index (χ1v) is 7.24. The summed E-state index contributed by atoms with van der Waals surface area (Å²) >= 11 is 0. The molecule has 0 aliphatic carbocycles. The highest BCUT2D eigenvalue weighted by atomic mass is 16.6. The van der Waals surface area contributed by atoms with E-state index in [1.807, 2.05) is 0 Å². The van der Waals surface area contributed by atoms with Crippen LogP contribution < -0.4 is 0 Å². The SMILES string of the molecule is CCCC1CCN(Cc2cccc([N+](=O)[O-])c2C(=O)O)C1. The molecule has 0 amide bonds. The Balaban J connectivity index is 2.19. The van der Waals surface area contributed by atoms with Crippen molar-refractivity contribution in [2.24, 2.45) is 5.92 Å². The molecule has 1 N–H and O–H groups in total. The van der Waals surface area contributed by atoms with Gasteiger partial charge in [-0.3, -0.25) is 15.0 Å². The van der Waals surface area contributed by atoms with Gasteiger partial charge in [0.05, 0.1) is 4.92 Å². The van der Waals surface area contributed by atoms with Crippen LogP contribution in [0.25, 0.3) is 0 Å². The van der Waals surface area contributed by atoms with E-state index in [1.54, 1.807) is 12.1 Å². The molecule has 1 unspecified atom stereocenters. The van der Waals surface area contributed by atoms with Gasteiger partial charge in [0.2, 0.25) is 0 Å². The van der Waals surface area contributed by atoms with Gasteiger partial charge in [-0.05, 0) is 30.9 Å². The normalized spacial score (nSPS) is 18.8. The van der Waals surface area contributed by atoms with Crippen LogP contribution in [0.15, 0.2) is 18.2 Å². The molecule has 1 atom stereocenters. The topological polar surface area (TPSA) is 83.7 Å². The first-order valence-electron chi connectivity index (χ1n) is 7.24. The molecule has 0 saturated carbocycles. The Hall–Kier alpha value is -1.95. The van der Waals surface area contributed by atoms with Crippen LogP contribution in [-0.4, -0.2) is 34.0 Å². The lowest BCUT2D eigenvalue weighted by atomic mass is 10.0. The van der Waals surface area contributed by atoms with Crippen molar-refractivity contribution in [3.8, 4) is 0 Å². The number of hydrogen-bond donors (Lipinski definition) is 1. The van der Waals surface area contributed by atoms with Gasteiger partial charge in [-0.1, -0.05) is 25.5 Å². The highest BCUT2D eigenvalue weighted by molar-refractivity contribution is 5.94. The number of nitro groups is 1. The molecule has 21 heavy (non-hydrogen) atoms. The molecule has 1 saturated heterocycles. The van der Waals surface area contributed by atoms with E-state index in [2.05, 4.69) is 11.8 Å². The van der Waals surface area contributed by atoms with Crippen LogP contribution in [0.2, 0.25) is 0 Å². The van der Waals surface area contributed by atoms with Crippen LogP contribution in [0, 0.1) is 16.0 Å². The zero-order chi connectivity index (χ0) is 15.4. The number of carboxylic acid groups (broad SMARTS) is 1. The van der Waals surface area contributed by atoms with Gasteiger partial charge in [-0.15, -0.1) is 0 Å². The highest BCUT2D eigenvalue weighted by Gasteiger charge is 2.27. The van der Waals surface area contributed by atoms with E-state index in [0.717, 1.165) is 25.9 Å². The maximum Gasteiger partial charge on any atom is 0.343 e. The zero-order valence-electron chi connectivity index (χ0n) is 12.1. The van der Waals surface area contributed by atoms with Gasteiger partial charge < -0.3 is 5.11 Å². The van der Waals surface area contributed by atoms with Crippen LogP contribution in [0.4, 0.5) is 5.69 Å². The minimum Gasteiger partial charge on any atom is -0.477 e. The van der Waals surface area contributed by atoms with Gasteiger partial charge in [0.15, 0.2) is 0 Å². The maximum absolute atomic E-state index is 11.4. The van der Waals surface area contributed by atoms with Gasteiger partial charge in [-0.2, -0.15) is 0 Å². The second-order valence-corrected chi connectivity index (χ2v) is 5.55. The smallest absolute Gasteiger partial charge is 0.343 e. The minimum absolute atomic E-state index is 0.179. The van der Waals surface area contributed by atoms with E-state index in [9.17, 15) is 20.0 Å². The summed E-state index contributed by atoms with van der Waals surface area (Å²) in [4.78, 5) is 23.9. The first-order chi connectivity index (χ1) is 10.0. The molecule has 6 heteroatoms. The Bertz CT molecular complexity index is 544. The summed E-state index contributed by atoms with van der Waals surface area (Å²) in [5, 5.41) is 20.3. The van der Waals surface area contributed by atoms with E-state index < -0.39 is 10.9 Å². The largest absolute Gasteiger partial charge is 0.477 e. The van der Waals surface area contributed by atoms with Crippen molar-refractivity contribution in [1.29, 1.82) is 0 Å². The lowest BCUT2D eigenvalue weighted by Crippen LogP contribution is -2.22. The van der Waals surface area contributed by atoms with Crippen molar-refractivity contribution < 1.29 is 14.8 Å². The summed E-state index contributed by atoms with van der Waals surface area (Å²) in [6, 6.07) is 4.47. The third-order valence-corrected chi connectivity index (χ3v) is 4.00. The molecule has 1 aliphatic heterocycles. The molecule has 1 aliphatic rings. The lowest BCUT2D eigenvalue weighted by molar-refractivity contribution is -0.385. The van der Waals surface area contributed by atoms with E-state index in [-0.39, 0.29) is 11.3 Å². The number of carboxylic acids is 1. The summed E-state index contributed by atoms with van der Waals surface area (Å²) in [7, 11) is 0. The molecule has 0 spiro atoms. The minimum atomic E-state index is -1.23. The molecule has 0 bridgehead atoms. The Labute approximate surface area is 123 Å². The molecule has 1 aromatic carbocycles. The van der Waals surface area contributed by atoms with Crippen molar-refractivity contribution in [1.82, 2.24) is 4.90 Å². The molecular weight excluding hydrogens is 272 g/mol. The van der Waals surface area contributed by atoms with E-state index in [0.29, 0.717) is 18.0 Å². The Kier molecular flexibility index (Phi) is 4.90. The van der Waals surface area contributed by atoms with Crippen molar-refractivity contribution in [2.45, 2.75) is 32.7 Å². The monoisotopic (exact) mass is 292 g/mol. The van der Waals surface area contributed by atoms with Gasteiger partial charge >= 0.3 is 5.97 Å². The molecule has 0 aromatic heterocycles. The number of likely N-dealkylation sites (tertiary alicyclic amines) is 1. The standard InChI is InChI=1S/C15H20N2O4/c1-2-4-11-7-8-16(9-11)10-12-5-3-6-13(17(20)21)14(12)15(18)19/h3,5-6,11H,2,4,7-10H2,1H3,(H,18,19). The fraction of sp³-hybridized carbons (Fsp3) is 0.533. The van der Waals surface area contributed by atoms with Crippen molar-refractivity contribution >= 4 is 11.7 Å². The third kappa shape index (κ3) is 3.58. The number of benzene rings is 1. The summed E-state index contributed by atoms with van der Waals surface area (Å²) in [5.41, 5.74) is 0.0135. The summed E-state index contributed by atoms with van der Waals surface area (Å²) in [5.74, 6) is -0.580. The summed E-state index contributed by atoms with van der Waals surface area (Å²) < 4.78 is 0. The molecular formula is C15H20N2O4. The Morgan fingerprint density at radius 3 is 2.90 bits per heavy atom. The number of carbonyl (C=O) groups is 1. The number of rotatable bonds is 6. The predicted molar refractivity (Wildman–Crippen MR) is 78.3 cm³/mol. The fourth-order valence-corrected chi connectivity index (χ4v) is 3.06.